The Bertz CT molecular complexity index is 936. The van der Waals surface area contributed by atoms with E-state index in [0.29, 0.717) is 34.7 Å². The summed E-state index contributed by atoms with van der Waals surface area (Å²) in [4.78, 5) is 0.725. The maximum absolute atomic E-state index is 12.4. The highest BCUT2D eigenvalue weighted by molar-refractivity contribution is 7.89. The van der Waals surface area contributed by atoms with Gasteiger partial charge in [0.05, 0.1) is 11.4 Å². The van der Waals surface area contributed by atoms with Gasteiger partial charge in [0, 0.05) is 6.07 Å². The third-order valence-corrected chi connectivity index (χ3v) is 5.48. The normalized spacial score (nSPS) is 14.3. The number of benzene rings is 1. The van der Waals surface area contributed by atoms with Gasteiger partial charge in [-0.25, -0.2) is 13.1 Å². The minimum Gasteiger partial charge on any atom is -0.486 e. The molecular weight excluding hydrogens is 342 g/mol. The van der Waals surface area contributed by atoms with E-state index in [4.69, 9.17) is 9.47 Å². The SMILES string of the molecule is O=S(=O)(NCc1nn2cnnc2s1)c1ccc2c(c1)OCCO2. The number of ether oxygens (including phenoxy) is 2. The topological polar surface area (TPSA) is 108 Å². The molecule has 0 saturated carbocycles. The number of nitrogens with one attached hydrogen (secondary N) is 1. The van der Waals surface area contributed by atoms with Crippen LogP contribution in [-0.2, 0) is 16.6 Å². The second-order valence-electron chi connectivity index (χ2n) is 4.68. The van der Waals surface area contributed by atoms with Crippen molar-refractivity contribution in [1.82, 2.24) is 24.5 Å². The number of hydrogen-bond donors (Lipinski definition) is 1. The first-order valence-electron chi connectivity index (χ1n) is 6.67. The summed E-state index contributed by atoms with van der Waals surface area (Å²) in [7, 11) is -3.68. The lowest BCUT2D eigenvalue weighted by atomic mass is 10.3. The predicted octanol–water partition coefficient (Wildman–Crippen LogP) is 0.435. The molecule has 120 valence electrons. The van der Waals surface area contributed by atoms with Crippen LogP contribution in [0.25, 0.3) is 4.96 Å². The predicted molar refractivity (Wildman–Crippen MR) is 80.1 cm³/mol. The first-order valence-corrected chi connectivity index (χ1v) is 8.97. The van der Waals surface area contributed by atoms with Crippen LogP contribution < -0.4 is 14.2 Å². The van der Waals surface area contributed by atoms with Crippen molar-refractivity contribution >= 4 is 26.3 Å². The molecular formula is C12H11N5O4S2. The molecule has 3 heterocycles. The highest BCUT2D eigenvalue weighted by atomic mass is 32.2. The molecule has 1 N–H and O–H groups in total. The van der Waals surface area contributed by atoms with Gasteiger partial charge in [-0.15, -0.1) is 10.2 Å². The van der Waals surface area contributed by atoms with Crippen molar-refractivity contribution in [1.29, 1.82) is 0 Å². The molecule has 3 aromatic rings. The van der Waals surface area contributed by atoms with E-state index < -0.39 is 10.0 Å². The maximum atomic E-state index is 12.4. The Labute approximate surface area is 134 Å². The Morgan fingerprint density at radius 3 is 2.91 bits per heavy atom. The minimum absolute atomic E-state index is 0.0742. The summed E-state index contributed by atoms with van der Waals surface area (Å²) >= 11 is 1.27. The Kier molecular flexibility index (Phi) is 3.39. The van der Waals surface area contributed by atoms with Crippen molar-refractivity contribution in [2.24, 2.45) is 0 Å². The van der Waals surface area contributed by atoms with E-state index >= 15 is 0 Å². The third-order valence-electron chi connectivity index (χ3n) is 3.17. The molecule has 0 amide bonds. The van der Waals surface area contributed by atoms with Crippen molar-refractivity contribution in [3.05, 3.63) is 29.5 Å². The molecule has 1 aliphatic rings. The molecule has 4 rings (SSSR count). The van der Waals surface area contributed by atoms with Crippen LogP contribution >= 0.6 is 11.3 Å². The van der Waals surface area contributed by atoms with Crippen molar-refractivity contribution in [2.45, 2.75) is 11.4 Å². The van der Waals surface area contributed by atoms with Gasteiger partial charge in [0.1, 0.15) is 24.5 Å². The van der Waals surface area contributed by atoms with E-state index in [1.165, 1.54) is 34.3 Å². The van der Waals surface area contributed by atoms with Gasteiger partial charge < -0.3 is 9.47 Å². The first kappa shape index (κ1) is 14.4. The van der Waals surface area contributed by atoms with E-state index in [2.05, 4.69) is 20.0 Å². The summed E-state index contributed by atoms with van der Waals surface area (Å²) in [6.07, 6.45) is 1.46. The zero-order valence-electron chi connectivity index (χ0n) is 11.7. The van der Waals surface area contributed by atoms with Crippen LogP contribution in [0.4, 0.5) is 0 Å². The fraction of sp³-hybridized carbons (Fsp3) is 0.250. The largest absolute Gasteiger partial charge is 0.486 e. The number of hydrogen-bond acceptors (Lipinski definition) is 8. The molecule has 0 fully saturated rings. The molecule has 2 aromatic heterocycles. The number of sulfonamides is 1. The smallest absolute Gasteiger partial charge is 0.241 e. The number of rotatable bonds is 4. The van der Waals surface area contributed by atoms with E-state index in [1.807, 2.05) is 0 Å². The monoisotopic (exact) mass is 353 g/mol. The minimum atomic E-state index is -3.68. The molecule has 0 atom stereocenters. The van der Waals surface area contributed by atoms with Gasteiger partial charge in [-0.05, 0) is 12.1 Å². The van der Waals surface area contributed by atoms with Crippen molar-refractivity contribution < 1.29 is 17.9 Å². The molecule has 0 bridgehead atoms. The van der Waals surface area contributed by atoms with Crippen LogP contribution in [0.15, 0.2) is 29.4 Å². The lowest BCUT2D eigenvalue weighted by molar-refractivity contribution is 0.171. The Hall–Kier alpha value is -2.24. The molecule has 9 nitrogen and oxygen atoms in total. The second kappa shape index (κ2) is 5.44. The van der Waals surface area contributed by atoms with Crippen LogP contribution in [0.3, 0.4) is 0 Å². The Balaban J connectivity index is 1.54. The summed E-state index contributed by atoms with van der Waals surface area (Å²) in [6.45, 7) is 0.930. The van der Waals surface area contributed by atoms with Crippen molar-refractivity contribution in [3.8, 4) is 11.5 Å². The zero-order chi connectivity index (χ0) is 15.9. The Morgan fingerprint density at radius 1 is 1.26 bits per heavy atom. The van der Waals surface area contributed by atoms with Crippen LogP contribution in [0.5, 0.6) is 11.5 Å². The molecule has 11 heteroatoms. The third kappa shape index (κ3) is 2.73. The van der Waals surface area contributed by atoms with E-state index in [9.17, 15) is 8.42 Å². The van der Waals surface area contributed by atoms with Crippen LogP contribution in [0.1, 0.15) is 5.01 Å². The number of nitrogens with zero attached hydrogens (tertiary/aromatic N) is 4. The van der Waals surface area contributed by atoms with Gasteiger partial charge in [-0.2, -0.15) is 9.61 Å². The molecule has 0 spiro atoms. The lowest BCUT2D eigenvalue weighted by Crippen LogP contribution is -2.24. The van der Waals surface area contributed by atoms with Gasteiger partial charge in [0.15, 0.2) is 11.5 Å². The zero-order valence-corrected chi connectivity index (χ0v) is 13.3. The lowest BCUT2D eigenvalue weighted by Gasteiger charge is -2.18. The average Bonchev–Trinajstić information content (AvgIpc) is 3.14. The van der Waals surface area contributed by atoms with Gasteiger partial charge in [0.2, 0.25) is 15.0 Å². The quantitative estimate of drug-likeness (QED) is 0.725. The number of aromatic nitrogens is 4. The van der Waals surface area contributed by atoms with Gasteiger partial charge in [0.25, 0.3) is 0 Å². The molecule has 1 aromatic carbocycles. The molecule has 1 aliphatic heterocycles. The average molecular weight is 353 g/mol. The second-order valence-corrected chi connectivity index (χ2v) is 7.49. The van der Waals surface area contributed by atoms with Crippen molar-refractivity contribution in [2.75, 3.05) is 13.2 Å². The van der Waals surface area contributed by atoms with Gasteiger partial charge >= 0.3 is 0 Å². The summed E-state index contributed by atoms with van der Waals surface area (Å²) in [5.74, 6) is 0.974. The fourth-order valence-corrected chi connectivity index (χ4v) is 3.95. The summed E-state index contributed by atoms with van der Waals surface area (Å²) in [6, 6.07) is 4.52. The highest BCUT2D eigenvalue weighted by Crippen LogP contribution is 2.32. The molecule has 23 heavy (non-hydrogen) atoms. The summed E-state index contributed by atoms with van der Waals surface area (Å²) < 4.78 is 39.6. The molecule has 0 radical (unpaired) electrons. The van der Waals surface area contributed by atoms with Crippen LogP contribution in [0, 0.1) is 0 Å². The van der Waals surface area contributed by atoms with Crippen LogP contribution in [-0.4, -0.2) is 41.4 Å². The maximum Gasteiger partial charge on any atom is 0.241 e. The summed E-state index contributed by atoms with van der Waals surface area (Å²) in [5.41, 5.74) is 0. The van der Waals surface area contributed by atoms with E-state index in [1.54, 1.807) is 6.07 Å². The van der Waals surface area contributed by atoms with Crippen molar-refractivity contribution in [3.63, 3.8) is 0 Å². The first-order chi connectivity index (χ1) is 11.1. The molecule has 0 aliphatic carbocycles. The van der Waals surface area contributed by atoms with E-state index in [0.717, 1.165) is 0 Å². The fourth-order valence-electron chi connectivity index (χ4n) is 2.10. The molecule has 0 saturated heterocycles. The van der Waals surface area contributed by atoms with E-state index in [-0.39, 0.29) is 11.4 Å². The summed E-state index contributed by atoms with van der Waals surface area (Å²) in [5, 5.41) is 12.3. The van der Waals surface area contributed by atoms with Crippen LogP contribution in [0.2, 0.25) is 0 Å². The van der Waals surface area contributed by atoms with Gasteiger partial charge in [-0.1, -0.05) is 11.3 Å². The molecule has 0 unspecified atom stereocenters. The Morgan fingerprint density at radius 2 is 2.09 bits per heavy atom. The highest BCUT2D eigenvalue weighted by Gasteiger charge is 2.20. The standard InChI is InChI=1S/C12H11N5O4S2/c18-23(19,8-1-2-9-10(5-8)21-4-3-20-9)14-6-11-16-17-7-13-15-12(17)22-11/h1-2,5,7,14H,3-4,6H2. The van der Waals surface area contributed by atoms with Gasteiger partial charge in [-0.3, -0.25) is 0 Å². The number of fused-ring (bicyclic) bond motifs is 2.